The SMILES string of the molecule is COc1ccccc1NC(=O)Nc1nc(C)c(C(=O)Nc2ccc(Br)cc2)s1. The first-order valence-corrected chi connectivity index (χ1v) is 9.82. The van der Waals surface area contributed by atoms with E-state index in [4.69, 9.17) is 4.74 Å². The van der Waals surface area contributed by atoms with E-state index in [1.165, 1.54) is 7.11 Å². The Hall–Kier alpha value is -2.91. The van der Waals surface area contributed by atoms with Crippen LogP contribution in [0.25, 0.3) is 0 Å². The monoisotopic (exact) mass is 460 g/mol. The summed E-state index contributed by atoms with van der Waals surface area (Å²) in [4.78, 5) is 29.4. The lowest BCUT2D eigenvalue weighted by Crippen LogP contribution is -2.19. The molecule has 3 amide bonds. The molecule has 3 N–H and O–H groups in total. The third-order valence-electron chi connectivity index (χ3n) is 3.68. The van der Waals surface area contributed by atoms with Gasteiger partial charge in [-0.3, -0.25) is 10.1 Å². The van der Waals surface area contributed by atoms with Crippen LogP contribution in [0, 0.1) is 6.92 Å². The Balaban J connectivity index is 1.67. The van der Waals surface area contributed by atoms with E-state index < -0.39 is 6.03 Å². The molecule has 3 aromatic rings. The largest absolute Gasteiger partial charge is 0.495 e. The number of ether oxygens (including phenoxy) is 1. The fourth-order valence-electron chi connectivity index (χ4n) is 2.38. The molecule has 7 nitrogen and oxygen atoms in total. The second-order valence-corrected chi connectivity index (χ2v) is 7.59. The molecule has 9 heteroatoms. The first-order chi connectivity index (χ1) is 13.5. The van der Waals surface area contributed by atoms with E-state index in [1.807, 2.05) is 18.2 Å². The van der Waals surface area contributed by atoms with Crippen LogP contribution in [-0.4, -0.2) is 24.0 Å². The molecule has 0 saturated heterocycles. The number of nitrogens with zero attached hydrogens (tertiary/aromatic N) is 1. The Morgan fingerprint density at radius 2 is 1.75 bits per heavy atom. The van der Waals surface area contributed by atoms with Crippen molar-refractivity contribution in [3.8, 4) is 5.75 Å². The zero-order valence-electron chi connectivity index (χ0n) is 15.1. The highest BCUT2D eigenvalue weighted by atomic mass is 79.9. The zero-order chi connectivity index (χ0) is 20.1. The van der Waals surface area contributed by atoms with Crippen molar-refractivity contribution in [2.45, 2.75) is 6.92 Å². The summed E-state index contributed by atoms with van der Waals surface area (Å²) in [6.07, 6.45) is 0. The molecule has 0 aliphatic carbocycles. The summed E-state index contributed by atoms with van der Waals surface area (Å²) in [6, 6.07) is 13.8. The first-order valence-electron chi connectivity index (χ1n) is 8.21. The first kappa shape index (κ1) is 19.8. The minimum Gasteiger partial charge on any atom is -0.495 e. The number of amides is 3. The zero-order valence-corrected chi connectivity index (χ0v) is 17.5. The Bertz CT molecular complexity index is 1000. The van der Waals surface area contributed by atoms with Crippen molar-refractivity contribution in [3.05, 3.63) is 63.6 Å². The highest BCUT2D eigenvalue weighted by Gasteiger charge is 2.17. The predicted octanol–water partition coefficient (Wildman–Crippen LogP) is 5.12. The van der Waals surface area contributed by atoms with E-state index in [1.54, 1.807) is 37.3 Å². The van der Waals surface area contributed by atoms with Crippen molar-refractivity contribution in [2.24, 2.45) is 0 Å². The van der Waals surface area contributed by atoms with Crippen LogP contribution in [0.2, 0.25) is 0 Å². The number of carbonyl (C=O) groups is 2. The fourth-order valence-corrected chi connectivity index (χ4v) is 3.50. The van der Waals surface area contributed by atoms with Crippen LogP contribution in [-0.2, 0) is 0 Å². The van der Waals surface area contributed by atoms with Crippen molar-refractivity contribution in [1.82, 2.24) is 4.98 Å². The van der Waals surface area contributed by atoms with Crippen LogP contribution in [0.1, 0.15) is 15.4 Å². The summed E-state index contributed by atoms with van der Waals surface area (Å²) in [5.41, 5.74) is 1.74. The third kappa shape index (κ3) is 4.87. The van der Waals surface area contributed by atoms with Gasteiger partial charge in [0.05, 0.1) is 18.5 Å². The maximum atomic E-state index is 12.5. The van der Waals surface area contributed by atoms with Gasteiger partial charge in [0.1, 0.15) is 10.6 Å². The molecule has 0 aliphatic heterocycles. The molecule has 1 heterocycles. The molecule has 144 valence electrons. The lowest BCUT2D eigenvalue weighted by atomic mass is 10.3. The summed E-state index contributed by atoms with van der Waals surface area (Å²) >= 11 is 4.46. The van der Waals surface area contributed by atoms with Crippen LogP contribution >= 0.6 is 27.3 Å². The van der Waals surface area contributed by atoms with Crippen LogP contribution in [0.4, 0.5) is 21.3 Å². The van der Waals surface area contributed by atoms with E-state index in [0.717, 1.165) is 15.8 Å². The molecule has 0 unspecified atom stereocenters. The van der Waals surface area contributed by atoms with E-state index in [2.05, 4.69) is 36.9 Å². The fraction of sp³-hybridized carbons (Fsp3) is 0.105. The average Bonchev–Trinajstić information content (AvgIpc) is 3.04. The molecule has 0 radical (unpaired) electrons. The number of carbonyl (C=O) groups excluding carboxylic acids is 2. The lowest BCUT2D eigenvalue weighted by Gasteiger charge is -2.09. The summed E-state index contributed by atoms with van der Waals surface area (Å²) in [7, 11) is 1.53. The Labute approximate surface area is 174 Å². The molecule has 0 aliphatic rings. The van der Waals surface area contributed by atoms with E-state index >= 15 is 0 Å². The summed E-state index contributed by atoms with van der Waals surface area (Å²) < 4.78 is 6.13. The second-order valence-electron chi connectivity index (χ2n) is 5.67. The van der Waals surface area contributed by atoms with E-state index in [9.17, 15) is 9.59 Å². The lowest BCUT2D eigenvalue weighted by molar-refractivity contribution is 0.103. The molecule has 0 saturated carbocycles. The maximum absolute atomic E-state index is 12.5. The molecule has 3 rings (SSSR count). The topological polar surface area (TPSA) is 92.3 Å². The van der Waals surface area contributed by atoms with Gasteiger partial charge in [0.25, 0.3) is 5.91 Å². The summed E-state index contributed by atoms with van der Waals surface area (Å²) in [5, 5.41) is 8.48. The molecule has 1 aromatic heterocycles. The number of benzene rings is 2. The average molecular weight is 461 g/mol. The van der Waals surface area contributed by atoms with Gasteiger partial charge in [-0.2, -0.15) is 0 Å². The number of para-hydroxylation sites is 2. The van der Waals surface area contributed by atoms with Crippen LogP contribution in [0.3, 0.4) is 0 Å². The number of urea groups is 1. The number of halogens is 1. The minimum absolute atomic E-state index is 0.282. The van der Waals surface area contributed by atoms with E-state index in [0.29, 0.717) is 32.8 Å². The van der Waals surface area contributed by atoms with Gasteiger partial charge in [0.15, 0.2) is 5.13 Å². The molecular weight excluding hydrogens is 444 g/mol. The van der Waals surface area contributed by atoms with Crippen molar-refractivity contribution in [3.63, 3.8) is 0 Å². The predicted molar refractivity (Wildman–Crippen MR) is 115 cm³/mol. The second kappa shape index (κ2) is 8.85. The number of aromatic nitrogens is 1. The van der Waals surface area contributed by atoms with E-state index in [-0.39, 0.29) is 5.91 Å². The normalized spacial score (nSPS) is 10.2. The number of hydrogen-bond donors (Lipinski definition) is 3. The van der Waals surface area contributed by atoms with Gasteiger partial charge in [0, 0.05) is 10.2 Å². The molecule has 28 heavy (non-hydrogen) atoms. The number of nitrogens with one attached hydrogen (secondary N) is 3. The number of methoxy groups -OCH3 is 1. The number of anilines is 3. The molecule has 0 bridgehead atoms. The molecule has 2 aromatic carbocycles. The summed E-state index contributed by atoms with van der Waals surface area (Å²) in [5.74, 6) is 0.262. The Morgan fingerprint density at radius 3 is 2.46 bits per heavy atom. The minimum atomic E-state index is -0.474. The van der Waals surface area contributed by atoms with Gasteiger partial charge >= 0.3 is 6.03 Å². The van der Waals surface area contributed by atoms with Gasteiger partial charge in [-0.25, -0.2) is 9.78 Å². The molecule has 0 atom stereocenters. The van der Waals surface area contributed by atoms with Gasteiger partial charge in [-0.15, -0.1) is 0 Å². The third-order valence-corrected chi connectivity index (χ3v) is 5.28. The van der Waals surface area contributed by atoms with Gasteiger partial charge in [0.2, 0.25) is 0 Å². The van der Waals surface area contributed by atoms with Gasteiger partial charge < -0.3 is 15.4 Å². The van der Waals surface area contributed by atoms with Crippen molar-refractivity contribution in [2.75, 3.05) is 23.1 Å². The van der Waals surface area contributed by atoms with Crippen molar-refractivity contribution >= 4 is 55.7 Å². The molecular formula is C19H17BrN4O3S. The van der Waals surface area contributed by atoms with Gasteiger partial charge in [-0.05, 0) is 43.3 Å². The molecule has 0 fully saturated rings. The number of aryl methyl sites for hydroxylation is 1. The Kier molecular flexibility index (Phi) is 6.27. The Morgan fingerprint density at radius 1 is 1.04 bits per heavy atom. The number of hydrogen-bond acceptors (Lipinski definition) is 5. The number of rotatable bonds is 5. The highest BCUT2D eigenvalue weighted by molar-refractivity contribution is 9.10. The quantitative estimate of drug-likeness (QED) is 0.492. The maximum Gasteiger partial charge on any atom is 0.325 e. The highest BCUT2D eigenvalue weighted by Crippen LogP contribution is 2.26. The number of thiazole rings is 1. The summed E-state index contributed by atoms with van der Waals surface area (Å²) in [6.45, 7) is 1.72. The van der Waals surface area contributed by atoms with Gasteiger partial charge in [-0.1, -0.05) is 39.4 Å². The van der Waals surface area contributed by atoms with Crippen molar-refractivity contribution < 1.29 is 14.3 Å². The standard InChI is InChI=1S/C19H17BrN4O3S/c1-11-16(17(25)22-13-9-7-12(20)8-10-13)28-19(21-11)24-18(26)23-14-5-3-4-6-15(14)27-2/h3-10H,1-2H3,(H,22,25)(H2,21,23,24,26). The van der Waals surface area contributed by atoms with Crippen LogP contribution < -0.4 is 20.7 Å². The smallest absolute Gasteiger partial charge is 0.325 e. The van der Waals surface area contributed by atoms with Crippen LogP contribution in [0.15, 0.2) is 53.0 Å². The van der Waals surface area contributed by atoms with Crippen LogP contribution in [0.5, 0.6) is 5.75 Å². The van der Waals surface area contributed by atoms with Crippen molar-refractivity contribution in [1.29, 1.82) is 0 Å². The molecule has 0 spiro atoms.